The molecule has 5 nitrogen and oxygen atoms in total. The number of benzene rings is 1. The fraction of sp³-hybridized carbons (Fsp3) is 0.619. The molecule has 1 aromatic rings. The van der Waals surface area contributed by atoms with Crippen LogP contribution in [0.4, 0.5) is 4.39 Å². The average Bonchev–Trinajstić information content (AvgIpc) is 3.40. The van der Waals surface area contributed by atoms with E-state index in [1.807, 2.05) is 4.90 Å². The summed E-state index contributed by atoms with van der Waals surface area (Å²) in [4.78, 5) is 27.2. The van der Waals surface area contributed by atoms with Gasteiger partial charge in [-0.2, -0.15) is 0 Å². The van der Waals surface area contributed by atoms with Gasteiger partial charge in [0.05, 0.1) is 0 Å². The third kappa shape index (κ3) is 4.00. The van der Waals surface area contributed by atoms with Crippen molar-refractivity contribution < 1.29 is 14.0 Å². The zero-order chi connectivity index (χ0) is 18.9. The van der Waals surface area contributed by atoms with Crippen LogP contribution in [0, 0.1) is 23.1 Å². The lowest BCUT2D eigenvalue weighted by molar-refractivity contribution is -0.137. The van der Waals surface area contributed by atoms with Crippen LogP contribution < -0.4 is 10.6 Å². The molecule has 1 saturated carbocycles. The number of nitrogens with one attached hydrogen (secondary N) is 2. The van der Waals surface area contributed by atoms with Crippen LogP contribution in [0.5, 0.6) is 0 Å². The lowest BCUT2D eigenvalue weighted by atomic mass is 9.90. The largest absolute Gasteiger partial charge is 0.352 e. The van der Waals surface area contributed by atoms with E-state index in [-0.39, 0.29) is 29.0 Å². The lowest BCUT2D eigenvalue weighted by Gasteiger charge is -2.32. The highest BCUT2D eigenvalue weighted by molar-refractivity contribution is 5.83. The molecule has 2 N–H and O–H groups in total. The molecule has 3 fully saturated rings. The van der Waals surface area contributed by atoms with Crippen LogP contribution >= 0.6 is 0 Å². The molecule has 146 valence electrons. The van der Waals surface area contributed by atoms with Gasteiger partial charge in [-0.05, 0) is 68.3 Å². The van der Waals surface area contributed by atoms with Gasteiger partial charge in [-0.25, -0.2) is 4.39 Å². The molecule has 2 aliphatic heterocycles. The molecule has 1 unspecified atom stereocenters. The highest BCUT2D eigenvalue weighted by Gasteiger charge is 2.58. The van der Waals surface area contributed by atoms with Gasteiger partial charge in [0.15, 0.2) is 0 Å². The van der Waals surface area contributed by atoms with Crippen molar-refractivity contribution in [3.8, 4) is 0 Å². The first kappa shape index (κ1) is 18.4. The summed E-state index contributed by atoms with van der Waals surface area (Å²) in [5.41, 5.74) is 1.16. The molecular formula is C21H28FN3O2. The van der Waals surface area contributed by atoms with Crippen molar-refractivity contribution in [3.63, 3.8) is 0 Å². The average molecular weight is 373 g/mol. The third-order valence-corrected chi connectivity index (χ3v) is 6.64. The molecule has 0 bridgehead atoms. The number of hydrogen-bond donors (Lipinski definition) is 2. The van der Waals surface area contributed by atoms with E-state index in [0.717, 1.165) is 50.8 Å². The molecule has 1 spiro atoms. The van der Waals surface area contributed by atoms with E-state index in [4.69, 9.17) is 0 Å². The SMILES string of the molecule is O=C(NCc1ccc(F)cc1)C1CCN(C(=O)C2CC23CCNCC3)CC1. The van der Waals surface area contributed by atoms with Crippen LogP contribution in [0.3, 0.4) is 0 Å². The molecule has 3 aliphatic rings. The Morgan fingerprint density at radius 2 is 1.81 bits per heavy atom. The topological polar surface area (TPSA) is 61.4 Å². The predicted molar refractivity (Wildman–Crippen MR) is 100 cm³/mol. The summed E-state index contributed by atoms with van der Waals surface area (Å²) in [6, 6.07) is 6.17. The quantitative estimate of drug-likeness (QED) is 0.849. The van der Waals surface area contributed by atoms with Crippen molar-refractivity contribution in [1.82, 2.24) is 15.5 Å². The van der Waals surface area contributed by atoms with Crippen LogP contribution in [0.25, 0.3) is 0 Å². The zero-order valence-electron chi connectivity index (χ0n) is 15.7. The summed E-state index contributed by atoms with van der Waals surface area (Å²) in [5, 5.41) is 6.32. The van der Waals surface area contributed by atoms with E-state index in [0.29, 0.717) is 25.5 Å². The summed E-state index contributed by atoms with van der Waals surface area (Å²) in [7, 11) is 0. The minimum Gasteiger partial charge on any atom is -0.352 e. The molecule has 2 heterocycles. The minimum atomic E-state index is -0.274. The number of likely N-dealkylation sites (tertiary alicyclic amines) is 1. The molecule has 0 aromatic heterocycles. The van der Waals surface area contributed by atoms with Crippen LogP contribution in [0.15, 0.2) is 24.3 Å². The Bertz CT molecular complexity index is 692. The first-order valence-electron chi connectivity index (χ1n) is 10.1. The molecule has 6 heteroatoms. The number of amides is 2. The minimum absolute atomic E-state index is 0.0349. The van der Waals surface area contributed by atoms with Crippen LogP contribution in [0.1, 0.15) is 37.7 Å². The zero-order valence-corrected chi connectivity index (χ0v) is 15.7. The molecule has 2 saturated heterocycles. The Morgan fingerprint density at radius 1 is 1.15 bits per heavy atom. The van der Waals surface area contributed by atoms with E-state index in [2.05, 4.69) is 10.6 Å². The fourth-order valence-corrected chi connectivity index (χ4v) is 4.69. The molecule has 1 aromatic carbocycles. The number of carbonyl (C=O) groups is 2. The Labute approximate surface area is 159 Å². The van der Waals surface area contributed by atoms with Crippen molar-refractivity contribution in [2.24, 2.45) is 17.3 Å². The van der Waals surface area contributed by atoms with Gasteiger partial charge >= 0.3 is 0 Å². The number of hydrogen-bond acceptors (Lipinski definition) is 3. The molecule has 2 amide bonds. The van der Waals surface area contributed by atoms with Crippen molar-refractivity contribution in [1.29, 1.82) is 0 Å². The summed E-state index contributed by atoms with van der Waals surface area (Å²) in [5.74, 6) is 0.240. The number of nitrogens with zero attached hydrogens (tertiary/aromatic N) is 1. The standard InChI is InChI=1S/C21H28FN3O2/c22-17-3-1-15(2-4-17)14-24-19(26)16-5-11-25(12-6-16)20(27)18-13-21(18)7-9-23-10-8-21/h1-4,16,18,23H,5-14H2,(H,24,26). The van der Waals surface area contributed by atoms with Crippen LogP contribution in [-0.4, -0.2) is 42.9 Å². The van der Waals surface area contributed by atoms with Gasteiger partial charge in [0.1, 0.15) is 5.82 Å². The predicted octanol–water partition coefficient (Wildman–Crippen LogP) is 2.07. The van der Waals surface area contributed by atoms with Crippen molar-refractivity contribution in [3.05, 3.63) is 35.6 Å². The number of halogens is 1. The molecular weight excluding hydrogens is 345 g/mol. The van der Waals surface area contributed by atoms with Crippen molar-refractivity contribution >= 4 is 11.8 Å². The van der Waals surface area contributed by atoms with E-state index in [9.17, 15) is 14.0 Å². The highest BCUT2D eigenvalue weighted by atomic mass is 19.1. The van der Waals surface area contributed by atoms with Gasteiger partial charge in [-0.1, -0.05) is 12.1 Å². The van der Waals surface area contributed by atoms with E-state index < -0.39 is 0 Å². The molecule has 27 heavy (non-hydrogen) atoms. The normalized spacial score (nSPS) is 24.6. The number of piperidine rings is 2. The summed E-state index contributed by atoms with van der Waals surface area (Å²) in [6.45, 7) is 3.83. The first-order valence-corrected chi connectivity index (χ1v) is 10.1. The second kappa shape index (κ2) is 7.58. The summed E-state index contributed by atoms with van der Waals surface area (Å²) in [6.07, 6.45) is 4.73. The maximum absolute atomic E-state index is 12.9. The van der Waals surface area contributed by atoms with Gasteiger partial charge in [-0.15, -0.1) is 0 Å². The molecule has 4 rings (SSSR count). The summed E-state index contributed by atoms with van der Waals surface area (Å²) >= 11 is 0. The van der Waals surface area contributed by atoms with Crippen LogP contribution in [-0.2, 0) is 16.1 Å². The monoisotopic (exact) mass is 373 g/mol. The molecule has 1 aliphatic carbocycles. The number of rotatable bonds is 4. The first-order chi connectivity index (χ1) is 13.1. The van der Waals surface area contributed by atoms with Gasteiger partial charge in [0.25, 0.3) is 0 Å². The van der Waals surface area contributed by atoms with E-state index in [1.165, 1.54) is 12.1 Å². The highest BCUT2D eigenvalue weighted by Crippen LogP contribution is 2.59. The Morgan fingerprint density at radius 3 is 2.48 bits per heavy atom. The second-order valence-corrected chi connectivity index (χ2v) is 8.31. The Balaban J connectivity index is 1.22. The Hall–Kier alpha value is -1.95. The van der Waals surface area contributed by atoms with Gasteiger partial charge in [-0.3, -0.25) is 9.59 Å². The third-order valence-electron chi connectivity index (χ3n) is 6.64. The fourth-order valence-electron chi connectivity index (χ4n) is 4.69. The van der Waals surface area contributed by atoms with Crippen molar-refractivity contribution in [2.45, 2.75) is 38.6 Å². The molecule has 1 atom stereocenters. The summed E-state index contributed by atoms with van der Waals surface area (Å²) < 4.78 is 12.9. The van der Waals surface area contributed by atoms with Gasteiger partial charge in [0.2, 0.25) is 11.8 Å². The second-order valence-electron chi connectivity index (χ2n) is 8.31. The van der Waals surface area contributed by atoms with Crippen LogP contribution in [0.2, 0.25) is 0 Å². The molecule has 0 radical (unpaired) electrons. The maximum Gasteiger partial charge on any atom is 0.226 e. The smallest absolute Gasteiger partial charge is 0.226 e. The van der Waals surface area contributed by atoms with Gasteiger partial charge < -0.3 is 15.5 Å². The lowest BCUT2D eigenvalue weighted by Crippen LogP contribution is -2.44. The van der Waals surface area contributed by atoms with Crippen molar-refractivity contribution in [2.75, 3.05) is 26.2 Å². The van der Waals surface area contributed by atoms with E-state index >= 15 is 0 Å². The maximum atomic E-state index is 12.9. The van der Waals surface area contributed by atoms with E-state index in [1.54, 1.807) is 12.1 Å². The number of carbonyl (C=O) groups excluding carboxylic acids is 2. The van der Waals surface area contributed by atoms with Gasteiger partial charge in [0, 0.05) is 31.5 Å². The Kier molecular flexibility index (Phi) is 5.17.